The predicted octanol–water partition coefficient (Wildman–Crippen LogP) is 4.53. The predicted molar refractivity (Wildman–Crippen MR) is 102 cm³/mol. The first-order chi connectivity index (χ1) is 12.1. The number of nitrogens with one attached hydrogen (secondary N) is 1. The number of para-hydroxylation sites is 1. The van der Waals surface area contributed by atoms with Gasteiger partial charge >= 0.3 is 0 Å². The van der Waals surface area contributed by atoms with Crippen LogP contribution in [0.4, 0.5) is 0 Å². The first kappa shape index (κ1) is 17.1. The molecule has 25 heavy (non-hydrogen) atoms. The molecule has 0 bridgehead atoms. The highest BCUT2D eigenvalue weighted by atomic mass is 32.1. The van der Waals surface area contributed by atoms with Crippen LogP contribution in [0.5, 0.6) is 5.75 Å². The molecule has 0 aliphatic rings. The average Bonchev–Trinajstić information content (AvgIpc) is 2.99. The fourth-order valence-electron chi connectivity index (χ4n) is 2.29. The number of rotatable bonds is 6. The molecule has 1 aromatic heterocycles. The minimum Gasteiger partial charge on any atom is -0.486 e. The average molecular weight is 352 g/mol. The third-order valence-corrected chi connectivity index (χ3v) is 4.02. The van der Waals surface area contributed by atoms with Gasteiger partial charge in [0.05, 0.1) is 6.21 Å². The lowest BCUT2D eigenvalue weighted by Crippen LogP contribution is -2.04. The summed E-state index contributed by atoms with van der Waals surface area (Å²) >= 11 is 5.25. The third-order valence-electron chi connectivity index (χ3n) is 3.75. The summed E-state index contributed by atoms with van der Waals surface area (Å²) in [6.07, 6.45) is 1.77. The fourth-order valence-corrected chi connectivity index (χ4v) is 2.49. The molecular formula is C19H20N4OS. The highest BCUT2D eigenvalue weighted by Crippen LogP contribution is 2.14. The molecular weight excluding hydrogens is 332 g/mol. The number of nitrogens with zero attached hydrogens (tertiary/aromatic N) is 3. The molecule has 1 heterocycles. The highest BCUT2D eigenvalue weighted by Gasteiger charge is 2.06. The van der Waals surface area contributed by atoms with Gasteiger partial charge in [0.15, 0.2) is 5.82 Å². The largest absolute Gasteiger partial charge is 0.486 e. The molecule has 2 aromatic carbocycles. The van der Waals surface area contributed by atoms with Gasteiger partial charge in [0.25, 0.3) is 0 Å². The van der Waals surface area contributed by atoms with Crippen LogP contribution in [-0.4, -0.2) is 21.1 Å². The zero-order valence-electron chi connectivity index (χ0n) is 14.2. The van der Waals surface area contributed by atoms with E-state index < -0.39 is 0 Å². The molecule has 0 saturated carbocycles. The number of hydrogen-bond donors (Lipinski definition) is 1. The van der Waals surface area contributed by atoms with E-state index in [0.717, 1.165) is 11.3 Å². The van der Waals surface area contributed by atoms with E-state index in [1.807, 2.05) is 42.5 Å². The summed E-state index contributed by atoms with van der Waals surface area (Å²) < 4.78 is 7.73. The first-order valence-electron chi connectivity index (χ1n) is 8.12. The number of H-pyrrole nitrogens is 1. The molecule has 6 heteroatoms. The Hall–Kier alpha value is -2.73. The van der Waals surface area contributed by atoms with Crippen molar-refractivity contribution >= 4 is 18.4 Å². The molecule has 0 saturated heterocycles. The van der Waals surface area contributed by atoms with Gasteiger partial charge in [0, 0.05) is 0 Å². The van der Waals surface area contributed by atoms with Crippen LogP contribution in [0.3, 0.4) is 0 Å². The van der Waals surface area contributed by atoms with E-state index in [-0.39, 0.29) is 6.61 Å². The standard InChI is InChI=1S/C19H20N4OS/c1-14(2)16-10-8-15(9-11-16)12-20-23-18(21-22-19(23)25)13-24-17-6-4-3-5-7-17/h3-12,14H,13H2,1-2H3,(H,22,25)/b20-12+. The Bertz CT molecular complexity index is 895. The van der Waals surface area contributed by atoms with Gasteiger partial charge in [-0.3, -0.25) is 0 Å². The molecule has 3 rings (SSSR count). The van der Waals surface area contributed by atoms with Crippen molar-refractivity contribution in [1.29, 1.82) is 0 Å². The number of aromatic amines is 1. The molecule has 0 spiro atoms. The normalized spacial score (nSPS) is 11.3. The maximum Gasteiger partial charge on any atom is 0.216 e. The second-order valence-electron chi connectivity index (χ2n) is 5.92. The van der Waals surface area contributed by atoms with Crippen LogP contribution in [0.2, 0.25) is 0 Å². The lowest BCUT2D eigenvalue weighted by atomic mass is 10.0. The van der Waals surface area contributed by atoms with Crippen LogP contribution in [0.15, 0.2) is 59.7 Å². The van der Waals surface area contributed by atoms with Gasteiger partial charge in [-0.25, -0.2) is 5.10 Å². The maximum atomic E-state index is 5.72. The van der Waals surface area contributed by atoms with E-state index in [9.17, 15) is 0 Å². The number of ether oxygens (including phenoxy) is 1. The summed E-state index contributed by atoms with van der Waals surface area (Å²) in [5.74, 6) is 1.90. The van der Waals surface area contributed by atoms with Gasteiger partial charge in [-0.05, 0) is 41.4 Å². The van der Waals surface area contributed by atoms with Gasteiger partial charge in [0.1, 0.15) is 12.4 Å². The Morgan fingerprint density at radius 1 is 1.16 bits per heavy atom. The second kappa shape index (κ2) is 7.90. The zero-order valence-corrected chi connectivity index (χ0v) is 15.0. The van der Waals surface area contributed by atoms with Crippen molar-refractivity contribution in [2.24, 2.45) is 5.10 Å². The highest BCUT2D eigenvalue weighted by molar-refractivity contribution is 7.71. The molecule has 3 aromatic rings. The third kappa shape index (κ3) is 4.42. The molecule has 0 fully saturated rings. The summed E-state index contributed by atoms with van der Waals surface area (Å²) in [7, 11) is 0. The summed E-state index contributed by atoms with van der Waals surface area (Å²) in [4.78, 5) is 0. The molecule has 1 N–H and O–H groups in total. The zero-order chi connectivity index (χ0) is 17.6. The van der Waals surface area contributed by atoms with Crippen molar-refractivity contribution in [3.05, 3.63) is 76.3 Å². The SMILES string of the molecule is CC(C)c1ccc(/C=N/n2c(COc3ccccc3)n[nH]c2=S)cc1. The molecule has 0 amide bonds. The van der Waals surface area contributed by atoms with Gasteiger partial charge in [-0.1, -0.05) is 56.3 Å². The Morgan fingerprint density at radius 2 is 1.88 bits per heavy atom. The van der Waals surface area contributed by atoms with Gasteiger partial charge in [-0.2, -0.15) is 14.9 Å². The van der Waals surface area contributed by atoms with Crippen LogP contribution in [0.1, 0.15) is 36.7 Å². The van der Waals surface area contributed by atoms with Gasteiger partial charge < -0.3 is 4.74 Å². The van der Waals surface area contributed by atoms with Crippen molar-refractivity contribution in [1.82, 2.24) is 14.9 Å². The van der Waals surface area contributed by atoms with E-state index >= 15 is 0 Å². The van der Waals surface area contributed by atoms with Gasteiger partial charge in [0.2, 0.25) is 4.77 Å². The quantitative estimate of drug-likeness (QED) is 0.524. The van der Waals surface area contributed by atoms with E-state index in [2.05, 4.69) is 41.3 Å². The molecule has 0 aliphatic carbocycles. The van der Waals surface area contributed by atoms with Crippen molar-refractivity contribution in [3.8, 4) is 5.75 Å². The fraction of sp³-hybridized carbons (Fsp3) is 0.211. The van der Waals surface area contributed by atoms with Crippen LogP contribution >= 0.6 is 12.2 Å². The Labute approximate surface area is 152 Å². The molecule has 0 atom stereocenters. The topological polar surface area (TPSA) is 55.2 Å². The number of aromatic nitrogens is 3. The molecule has 128 valence electrons. The van der Waals surface area contributed by atoms with Crippen molar-refractivity contribution in [3.63, 3.8) is 0 Å². The smallest absolute Gasteiger partial charge is 0.216 e. The Morgan fingerprint density at radius 3 is 2.56 bits per heavy atom. The Balaban J connectivity index is 1.74. The van der Waals surface area contributed by atoms with Gasteiger partial charge in [-0.15, -0.1) is 0 Å². The van der Waals surface area contributed by atoms with Crippen LogP contribution in [0.25, 0.3) is 0 Å². The second-order valence-corrected chi connectivity index (χ2v) is 6.31. The van der Waals surface area contributed by atoms with E-state index in [4.69, 9.17) is 17.0 Å². The summed E-state index contributed by atoms with van der Waals surface area (Å²) in [6, 6.07) is 17.9. The van der Waals surface area contributed by atoms with Crippen molar-refractivity contribution < 1.29 is 4.74 Å². The van der Waals surface area contributed by atoms with E-state index in [1.165, 1.54) is 5.56 Å². The summed E-state index contributed by atoms with van der Waals surface area (Å²) in [5, 5.41) is 11.4. The van der Waals surface area contributed by atoms with Crippen molar-refractivity contribution in [2.45, 2.75) is 26.4 Å². The molecule has 0 radical (unpaired) electrons. The van der Waals surface area contributed by atoms with E-state index in [1.54, 1.807) is 10.9 Å². The number of benzene rings is 2. The van der Waals surface area contributed by atoms with Crippen LogP contribution < -0.4 is 4.74 Å². The molecule has 0 aliphatic heterocycles. The van der Waals surface area contributed by atoms with Crippen LogP contribution in [0, 0.1) is 4.77 Å². The minimum atomic E-state index is 0.279. The molecule has 5 nitrogen and oxygen atoms in total. The van der Waals surface area contributed by atoms with E-state index in [0.29, 0.717) is 16.5 Å². The number of hydrogen-bond acceptors (Lipinski definition) is 4. The van der Waals surface area contributed by atoms with Crippen molar-refractivity contribution in [2.75, 3.05) is 0 Å². The Kier molecular flexibility index (Phi) is 5.40. The summed E-state index contributed by atoms with van der Waals surface area (Å²) in [5.41, 5.74) is 2.30. The minimum absolute atomic E-state index is 0.279. The first-order valence-corrected chi connectivity index (χ1v) is 8.53. The monoisotopic (exact) mass is 352 g/mol. The lowest BCUT2D eigenvalue weighted by molar-refractivity contribution is 0.290. The van der Waals surface area contributed by atoms with Crippen LogP contribution in [-0.2, 0) is 6.61 Å². The maximum absolute atomic E-state index is 5.72. The summed E-state index contributed by atoms with van der Waals surface area (Å²) in [6.45, 7) is 4.63. The lowest BCUT2D eigenvalue weighted by Gasteiger charge is -2.05. The molecule has 0 unspecified atom stereocenters.